The molecule has 1 fully saturated rings. The molecule has 6 nitrogen and oxygen atoms in total. The predicted molar refractivity (Wildman–Crippen MR) is 76.7 cm³/mol. The molecule has 0 radical (unpaired) electrons. The van der Waals surface area contributed by atoms with Crippen molar-refractivity contribution >= 4 is 5.91 Å². The zero-order valence-corrected chi connectivity index (χ0v) is 12.0. The van der Waals surface area contributed by atoms with E-state index < -0.39 is 5.82 Å². The molecule has 1 aliphatic rings. The molecule has 1 amide bonds. The first-order valence-corrected chi connectivity index (χ1v) is 7.25. The Labute approximate surface area is 127 Å². The first kappa shape index (κ1) is 14.5. The number of pyridine rings is 1. The lowest BCUT2D eigenvalue weighted by Crippen LogP contribution is -2.45. The highest BCUT2D eigenvalue weighted by Crippen LogP contribution is 2.19. The second kappa shape index (κ2) is 6.55. The Hall–Kier alpha value is -2.44. The highest BCUT2D eigenvalue weighted by Gasteiger charge is 2.26. The van der Waals surface area contributed by atoms with E-state index in [0.29, 0.717) is 13.1 Å². The molecule has 0 aromatic carbocycles. The summed E-state index contributed by atoms with van der Waals surface area (Å²) in [6.45, 7) is 1.14. The van der Waals surface area contributed by atoms with Crippen LogP contribution in [0, 0.1) is 5.82 Å². The van der Waals surface area contributed by atoms with E-state index in [2.05, 4.69) is 15.2 Å². The van der Waals surface area contributed by atoms with Gasteiger partial charge in [0.25, 0.3) is 5.88 Å². The van der Waals surface area contributed by atoms with Crippen LogP contribution in [0.4, 0.5) is 4.39 Å². The SMILES string of the molecule is O=C(Cc1ccn[nH]1)N1CCC[C@H](Oc2ncccc2F)C1. The molecule has 22 heavy (non-hydrogen) atoms. The van der Waals surface area contributed by atoms with E-state index in [4.69, 9.17) is 4.74 Å². The van der Waals surface area contributed by atoms with Crippen LogP contribution in [0.1, 0.15) is 18.5 Å². The van der Waals surface area contributed by atoms with E-state index in [1.807, 2.05) is 0 Å². The molecule has 0 aliphatic carbocycles. The van der Waals surface area contributed by atoms with Crippen LogP contribution >= 0.6 is 0 Å². The van der Waals surface area contributed by atoms with E-state index in [1.54, 1.807) is 17.2 Å². The predicted octanol–water partition coefficient (Wildman–Crippen LogP) is 1.56. The molecule has 1 atom stereocenters. The Morgan fingerprint density at radius 2 is 2.36 bits per heavy atom. The van der Waals surface area contributed by atoms with Gasteiger partial charge in [-0.1, -0.05) is 0 Å². The van der Waals surface area contributed by atoms with E-state index in [1.165, 1.54) is 18.3 Å². The van der Waals surface area contributed by atoms with Gasteiger partial charge in [-0.2, -0.15) is 5.10 Å². The van der Waals surface area contributed by atoms with Gasteiger partial charge in [-0.3, -0.25) is 9.89 Å². The molecule has 1 aliphatic heterocycles. The van der Waals surface area contributed by atoms with Crippen molar-refractivity contribution in [2.24, 2.45) is 0 Å². The molecule has 0 unspecified atom stereocenters. The number of aromatic amines is 1. The summed E-state index contributed by atoms with van der Waals surface area (Å²) in [6.07, 6.45) is 4.77. The number of hydrogen-bond acceptors (Lipinski definition) is 4. The number of H-pyrrole nitrogens is 1. The molecule has 116 valence electrons. The molecule has 0 bridgehead atoms. The number of aromatic nitrogens is 3. The largest absolute Gasteiger partial charge is 0.470 e. The van der Waals surface area contributed by atoms with Crippen LogP contribution < -0.4 is 4.74 Å². The van der Waals surface area contributed by atoms with Gasteiger partial charge < -0.3 is 9.64 Å². The minimum Gasteiger partial charge on any atom is -0.470 e. The molecule has 0 saturated carbocycles. The average Bonchev–Trinajstić information content (AvgIpc) is 3.03. The van der Waals surface area contributed by atoms with Crippen LogP contribution in [-0.4, -0.2) is 45.2 Å². The Balaban J connectivity index is 1.59. The number of amides is 1. The van der Waals surface area contributed by atoms with Gasteiger partial charge in [0.1, 0.15) is 6.10 Å². The van der Waals surface area contributed by atoms with Crippen LogP contribution in [0.25, 0.3) is 0 Å². The molecule has 7 heteroatoms. The second-order valence-corrected chi connectivity index (χ2v) is 5.27. The lowest BCUT2D eigenvalue weighted by molar-refractivity contribution is -0.133. The Morgan fingerprint density at radius 1 is 1.45 bits per heavy atom. The monoisotopic (exact) mass is 304 g/mol. The van der Waals surface area contributed by atoms with E-state index in [9.17, 15) is 9.18 Å². The van der Waals surface area contributed by atoms with Gasteiger partial charge in [0.15, 0.2) is 5.82 Å². The fourth-order valence-corrected chi connectivity index (χ4v) is 2.53. The molecule has 1 saturated heterocycles. The lowest BCUT2D eigenvalue weighted by Gasteiger charge is -2.32. The van der Waals surface area contributed by atoms with E-state index >= 15 is 0 Å². The maximum absolute atomic E-state index is 13.6. The molecule has 1 N–H and O–H groups in total. The summed E-state index contributed by atoms with van der Waals surface area (Å²) in [5, 5.41) is 6.61. The number of rotatable bonds is 4. The van der Waals surface area contributed by atoms with Crippen molar-refractivity contribution in [3.63, 3.8) is 0 Å². The van der Waals surface area contributed by atoms with Gasteiger partial charge in [-0.05, 0) is 31.0 Å². The zero-order valence-electron chi connectivity index (χ0n) is 12.0. The van der Waals surface area contributed by atoms with Crippen molar-refractivity contribution in [2.75, 3.05) is 13.1 Å². The fraction of sp³-hybridized carbons (Fsp3) is 0.400. The highest BCUT2D eigenvalue weighted by molar-refractivity contribution is 5.78. The summed E-state index contributed by atoms with van der Waals surface area (Å²) in [4.78, 5) is 17.9. The summed E-state index contributed by atoms with van der Waals surface area (Å²) in [5.74, 6) is -0.474. The first-order valence-electron chi connectivity index (χ1n) is 7.25. The van der Waals surface area contributed by atoms with Crippen molar-refractivity contribution in [1.82, 2.24) is 20.1 Å². The number of piperidine rings is 1. The average molecular weight is 304 g/mol. The molecule has 0 spiro atoms. The van der Waals surface area contributed by atoms with Crippen molar-refractivity contribution < 1.29 is 13.9 Å². The van der Waals surface area contributed by atoms with Crippen LogP contribution in [0.3, 0.4) is 0 Å². The van der Waals surface area contributed by atoms with Gasteiger partial charge in [0.2, 0.25) is 5.91 Å². The number of carbonyl (C=O) groups is 1. The van der Waals surface area contributed by atoms with Gasteiger partial charge >= 0.3 is 0 Å². The molecule has 3 heterocycles. The van der Waals surface area contributed by atoms with Gasteiger partial charge in [0.05, 0.1) is 13.0 Å². The summed E-state index contributed by atoms with van der Waals surface area (Å²) >= 11 is 0. The zero-order chi connectivity index (χ0) is 15.4. The number of halogens is 1. The number of hydrogen-bond donors (Lipinski definition) is 1. The first-order chi connectivity index (χ1) is 10.7. The number of carbonyl (C=O) groups excluding carboxylic acids is 1. The Kier molecular flexibility index (Phi) is 4.32. The fourth-order valence-electron chi connectivity index (χ4n) is 2.53. The summed E-state index contributed by atoms with van der Waals surface area (Å²) < 4.78 is 19.2. The van der Waals surface area contributed by atoms with E-state index in [0.717, 1.165) is 18.5 Å². The third-order valence-corrected chi connectivity index (χ3v) is 3.63. The summed E-state index contributed by atoms with van der Waals surface area (Å²) in [6, 6.07) is 4.61. The van der Waals surface area contributed by atoms with Gasteiger partial charge in [-0.25, -0.2) is 9.37 Å². The quantitative estimate of drug-likeness (QED) is 0.930. The minimum atomic E-state index is -0.483. The van der Waals surface area contributed by atoms with Crippen molar-refractivity contribution in [3.05, 3.63) is 42.1 Å². The van der Waals surface area contributed by atoms with Crippen LogP contribution in [0.5, 0.6) is 5.88 Å². The van der Waals surface area contributed by atoms with Crippen molar-refractivity contribution in [3.8, 4) is 5.88 Å². The normalized spacial score (nSPS) is 18.2. The topological polar surface area (TPSA) is 71.1 Å². The van der Waals surface area contributed by atoms with Gasteiger partial charge in [0, 0.05) is 24.6 Å². The van der Waals surface area contributed by atoms with Crippen molar-refractivity contribution in [1.29, 1.82) is 0 Å². The van der Waals surface area contributed by atoms with Crippen LogP contribution in [0.2, 0.25) is 0 Å². The molecule has 3 rings (SSSR count). The smallest absolute Gasteiger partial charge is 0.250 e. The number of likely N-dealkylation sites (tertiary alicyclic amines) is 1. The Morgan fingerprint density at radius 3 is 3.14 bits per heavy atom. The lowest BCUT2D eigenvalue weighted by atomic mass is 10.1. The maximum Gasteiger partial charge on any atom is 0.250 e. The van der Waals surface area contributed by atoms with Gasteiger partial charge in [-0.15, -0.1) is 0 Å². The maximum atomic E-state index is 13.6. The third-order valence-electron chi connectivity index (χ3n) is 3.63. The molecule has 2 aromatic rings. The third kappa shape index (κ3) is 3.41. The molecule has 2 aromatic heterocycles. The standard InChI is InChI=1S/C15H17FN4O2/c16-13-4-1-6-17-15(13)22-12-3-2-8-20(10-12)14(21)9-11-5-7-18-19-11/h1,4-7,12H,2-3,8-10H2,(H,18,19)/t12-/m0/s1. The van der Waals surface area contributed by atoms with Crippen LogP contribution in [0.15, 0.2) is 30.6 Å². The Bertz CT molecular complexity index is 632. The number of nitrogens with one attached hydrogen (secondary N) is 1. The molecular weight excluding hydrogens is 287 g/mol. The number of nitrogens with zero attached hydrogens (tertiary/aromatic N) is 3. The summed E-state index contributed by atoms with van der Waals surface area (Å²) in [7, 11) is 0. The minimum absolute atomic E-state index is 0.00429. The molecular formula is C15H17FN4O2. The van der Waals surface area contributed by atoms with Crippen molar-refractivity contribution in [2.45, 2.75) is 25.4 Å². The summed E-state index contributed by atoms with van der Waals surface area (Å²) in [5.41, 5.74) is 0.781. The highest BCUT2D eigenvalue weighted by atomic mass is 19.1. The number of ether oxygens (including phenoxy) is 1. The van der Waals surface area contributed by atoms with Crippen LogP contribution in [-0.2, 0) is 11.2 Å². The second-order valence-electron chi connectivity index (χ2n) is 5.27. The van der Waals surface area contributed by atoms with E-state index in [-0.39, 0.29) is 24.3 Å².